The Morgan fingerprint density at radius 3 is 2.45 bits per heavy atom. The SMILES string of the molecule is CC[C@H](C)NC(=O)c1cncn1-c1cccc(-c2ccc(Oc3ccccc3)cc2)c1. The van der Waals surface area contributed by atoms with Crippen molar-refractivity contribution in [3.8, 4) is 28.3 Å². The van der Waals surface area contributed by atoms with Crippen LogP contribution in [0.1, 0.15) is 30.8 Å². The van der Waals surface area contributed by atoms with Crippen LogP contribution in [-0.4, -0.2) is 21.5 Å². The van der Waals surface area contributed by atoms with Gasteiger partial charge in [0.15, 0.2) is 0 Å². The molecule has 0 radical (unpaired) electrons. The van der Waals surface area contributed by atoms with E-state index < -0.39 is 0 Å². The lowest BCUT2D eigenvalue weighted by molar-refractivity contribution is 0.0932. The zero-order chi connectivity index (χ0) is 21.6. The molecule has 0 fully saturated rings. The lowest BCUT2D eigenvalue weighted by atomic mass is 10.0. The summed E-state index contributed by atoms with van der Waals surface area (Å²) < 4.78 is 7.69. The molecular formula is C26H25N3O2. The van der Waals surface area contributed by atoms with Crippen molar-refractivity contribution in [1.29, 1.82) is 0 Å². The number of nitrogens with zero attached hydrogens (tertiary/aromatic N) is 2. The third-order valence-electron chi connectivity index (χ3n) is 5.15. The highest BCUT2D eigenvalue weighted by Crippen LogP contribution is 2.27. The second-order valence-corrected chi connectivity index (χ2v) is 7.42. The maximum atomic E-state index is 12.6. The third kappa shape index (κ3) is 4.83. The van der Waals surface area contributed by atoms with E-state index >= 15 is 0 Å². The van der Waals surface area contributed by atoms with Gasteiger partial charge < -0.3 is 10.1 Å². The smallest absolute Gasteiger partial charge is 0.270 e. The Morgan fingerprint density at radius 2 is 1.71 bits per heavy atom. The van der Waals surface area contributed by atoms with E-state index in [0.29, 0.717) is 5.69 Å². The Kier molecular flexibility index (Phi) is 6.13. The van der Waals surface area contributed by atoms with Gasteiger partial charge in [0.1, 0.15) is 17.2 Å². The molecule has 156 valence electrons. The summed E-state index contributed by atoms with van der Waals surface area (Å²) in [6.07, 6.45) is 4.14. The number of ether oxygens (including phenoxy) is 1. The van der Waals surface area contributed by atoms with E-state index in [0.717, 1.165) is 34.7 Å². The minimum absolute atomic E-state index is 0.110. The highest BCUT2D eigenvalue weighted by atomic mass is 16.5. The van der Waals surface area contributed by atoms with Crippen LogP contribution < -0.4 is 10.1 Å². The molecule has 4 aromatic rings. The molecule has 1 amide bonds. The molecule has 1 atom stereocenters. The van der Waals surface area contributed by atoms with Crippen LogP contribution in [0.15, 0.2) is 91.4 Å². The standard InChI is InChI=1S/C26H25N3O2/c1-3-19(2)28-26(30)25-17-27-18-29(25)22-9-7-8-21(16-22)20-12-14-24(15-13-20)31-23-10-5-4-6-11-23/h4-19H,3H2,1-2H3,(H,28,30)/t19-/m0/s1. The topological polar surface area (TPSA) is 56.2 Å². The zero-order valence-electron chi connectivity index (χ0n) is 17.7. The van der Waals surface area contributed by atoms with Crippen LogP contribution in [0.4, 0.5) is 0 Å². The van der Waals surface area contributed by atoms with Crippen molar-refractivity contribution in [1.82, 2.24) is 14.9 Å². The molecule has 4 rings (SSSR count). The number of hydrogen-bond acceptors (Lipinski definition) is 3. The fraction of sp³-hybridized carbons (Fsp3) is 0.154. The van der Waals surface area contributed by atoms with Gasteiger partial charge in [-0.1, -0.05) is 49.4 Å². The van der Waals surface area contributed by atoms with Gasteiger partial charge in [0.25, 0.3) is 5.91 Å². The van der Waals surface area contributed by atoms with Crippen molar-refractivity contribution >= 4 is 5.91 Å². The van der Waals surface area contributed by atoms with E-state index in [1.807, 2.05) is 91.2 Å². The summed E-state index contributed by atoms with van der Waals surface area (Å²) in [6.45, 7) is 4.03. The second kappa shape index (κ2) is 9.30. The van der Waals surface area contributed by atoms with Crippen molar-refractivity contribution < 1.29 is 9.53 Å². The summed E-state index contributed by atoms with van der Waals surface area (Å²) in [7, 11) is 0. The number of benzene rings is 3. The Labute approximate surface area is 182 Å². The van der Waals surface area contributed by atoms with Crippen LogP contribution in [0.2, 0.25) is 0 Å². The molecule has 5 nitrogen and oxygen atoms in total. The van der Waals surface area contributed by atoms with E-state index in [2.05, 4.69) is 16.4 Å². The molecule has 0 aliphatic heterocycles. The van der Waals surface area contributed by atoms with Gasteiger partial charge in [0, 0.05) is 11.7 Å². The fourth-order valence-electron chi connectivity index (χ4n) is 3.24. The monoisotopic (exact) mass is 411 g/mol. The van der Waals surface area contributed by atoms with Gasteiger partial charge in [-0.3, -0.25) is 9.36 Å². The Balaban J connectivity index is 1.56. The normalized spacial score (nSPS) is 11.7. The van der Waals surface area contributed by atoms with Crippen molar-refractivity contribution in [3.63, 3.8) is 0 Å². The van der Waals surface area contributed by atoms with E-state index in [1.165, 1.54) is 0 Å². The fourth-order valence-corrected chi connectivity index (χ4v) is 3.24. The Bertz CT molecular complexity index is 1150. The number of carbonyl (C=O) groups excluding carboxylic acids is 1. The number of para-hydroxylation sites is 1. The van der Waals surface area contributed by atoms with Gasteiger partial charge in [-0.15, -0.1) is 0 Å². The first-order valence-electron chi connectivity index (χ1n) is 10.4. The number of hydrogen-bond donors (Lipinski definition) is 1. The number of nitrogens with one attached hydrogen (secondary N) is 1. The lowest BCUT2D eigenvalue weighted by Gasteiger charge is -2.13. The van der Waals surface area contributed by atoms with Crippen LogP contribution in [0.5, 0.6) is 11.5 Å². The number of aromatic nitrogens is 2. The first-order valence-corrected chi connectivity index (χ1v) is 10.4. The van der Waals surface area contributed by atoms with Crippen molar-refractivity contribution in [2.75, 3.05) is 0 Å². The molecule has 1 aromatic heterocycles. The van der Waals surface area contributed by atoms with E-state index in [-0.39, 0.29) is 11.9 Å². The number of carbonyl (C=O) groups is 1. The second-order valence-electron chi connectivity index (χ2n) is 7.42. The molecule has 1 heterocycles. The van der Waals surface area contributed by atoms with Crippen molar-refractivity contribution in [3.05, 3.63) is 97.1 Å². The lowest BCUT2D eigenvalue weighted by Crippen LogP contribution is -2.33. The van der Waals surface area contributed by atoms with Gasteiger partial charge in [-0.05, 0) is 60.9 Å². The molecule has 0 aliphatic carbocycles. The molecule has 0 aliphatic rings. The Morgan fingerprint density at radius 1 is 0.968 bits per heavy atom. The summed E-state index contributed by atoms with van der Waals surface area (Å²) in [5, 5.41) is 3.00. The van der Waals surface area contributed by atoms with Crippen LogP contribution in [0, 0.1) is 0 Å². The van der Waals surface area contributed by atoms with Crippen LogP contribution in [0.25, 0.3) is 16.8 Å². The molecule has 5 heteroatoms. The van der Waals surface area contributed by atoms with E-state index in [9.17, 15) is 4.79 Å². The summed E-state index contributed by atoms with van der Waals surface area (Å²) in [5.74, 6) is 1.46. The first-order chi connectivity index (χ1) is 15.1. The van der Waals surface area contributed by atoms with Crippen molar-refractivity contribution in [2.24, 2.45) is 0 Å². The van der Waals surface area contributed by atoms with Gasteiger partial charge in [0.05, 0.1) is 12.5 Å². The molecule has 0 spiro atoms. The summed E-state index contributed by atoms with van der Waals surface area (Å²) >= 11 is 0. The van der Waals surface area contributed by atoms with Crippen molar-refractivity contribution in [2.45, 2.75) is 26.3 Å². The molecule has 0 saturated carbocycles. The largest absolute Gasteiger partial charge is 0.457 e. The predicted molar refractivity (Wildman–Crippen MR) is 123 cm³/mol. The molecule has 0 bridgehead atoms. The average molecular weight is 412 g/mol. The van der Waals surface area contributed by atoms with Crippen LogP contribution in [-0.2, 0) is 0 Å². The van der Waals surface area contributed by atoms with Crippen LogP contribution in [0.3, 0.4) is 0 Å². The minimum Gasteiger partial charge on any atom is -0.457 e. The maximum absolute atomic E-state index is 12.6. The molecule has 3 aromatic carbocycles. The zero-order valence-corrected chi connectivity index (χ0v) is 17.7. The molecule has 0 saturated heterocycles. The first kappa shape index (κ1) is 20.4. The average Bonchev–Trinajstić information content (AvgIpc) is 3.30. The van der Waals surface area contributed by atoms with Crippen LogP contribution >= 0.6 is 0 Å². The van der Waals surface area contributed by atoms with E-state index in [4.69, 9.17) is 4.74 Å². The summed E-state index contributed by atoms with van der Waals surface area (Å²) in [4.78, 5) is 16.8. The quantitative estimate of drug-likeness (QED) is 0.414. The highest BCUT2D eigenvalue weighted by molar-refractivity contribution is 5.93. The Hall–Kier alpha value is -3.86. The molecule has 0 unspecified atom stereocenters. The number of imidazole rings is 1. The number of amides is 1. The third-order valence-corrected chi connectivity index (χ3v) is 5.15. The summed E-state index contributed by atoms with van der Waals surface area (Å²) in [6, 6.07) is 25.8. The molecule has 31 heavy (non-hydrogen) atoms. The maximum Gasteiger partial charge on any atom is 0.270 e. The summed E-state index contributed by atoms with van der Waals surface area (Å²) in [5.41, 5.74) is 3.51. The van der Waals surface area contributed by atoms with Gasteiger partial charge in [-0.2, -0.15) is 0 Å². The predicted octanol–water partition coefficient (Wildman–Crippen LogP) is 5.86. The number of rotatable bonds is 7. The van der Waals surface area contributed by atoms with E-state index in [1.54, 1.807) is 12.5 Å². The molecular weight excluding hydrogens is 386 g/mol. The van der Waals surface area contributed by atoms with Gasteiger partial charge in [-0.25, -0.2) is 4.98 Å². The van der Waals surface area contributed by atoms with Gasteiger partial charge >= 0.3 is 0 Å². The van der Waals surface area contributed by atoms with Gasteiger partial charge in [0.2, 0.25) is 0 Å². The molecule has 1 N–H and O–H groups in total. The highest BCUT2D eigenvalue weighted by Gasteiger charge is 2.15. The minimum atomic E-state index is -0.125.